The van der Waals surface area contributed by atoms with Crippen molar-refractivity contribution in [1.82, 2.24) is 5.32 Å². The summed E-state index contributed by atoms with van der Waals surface area (Å²) in [6.07, 6.45) is 2.25. The van der Waals surface area contributed by atoms with Crippen LogP contribution in [0.3, 0.4) is 0 Å². The molecule has 0 spiro atoms. The van der Waals surface area contributed by atoms with Gasteiger partial charge in [-0.2, -0.15) is 0 Å². The lowest BCUT2D eigenvalue weighted by Gasteiger charge is -2.06. The highest BCUT2D eigenvalue weighted by Gasteiger charge is 2.22. The molecular formula is C12H15ClN2OS. The van der Waals surface area contributed by atoms with Crippen LogP contribution < -0.4 is 11.1 Å². The summed E-state index contributed by atoms with van der Waals surface area (Å²) in [6.45, 7) is 0. The van der Waals surface area contributed by atoms with Gasteiger partial charge in [0.2, 0.25) is 5.91 Å². The van der Waals surface area contributed by atoms with Gasteiger partial charge in [0.1, 0.15) is 0 Å². The molecule has 1 saturated carbocycles. The van der Waals surface area contributed by atoms with Crippen molar-refractivity contribution in [3.8, 4) is 0 Å². The number of rotatable bonds is 5. The average molecular weight is 271 g/mol. The Morgan fingerprint density at radius 3 is 3.00 bits per heavy atom. The van der Waals surface area contributed by atoms with E-state index in [9.17, 15) is 4.79 Å². The zero-order valence-corrected chi connectivity index (χ0v) is 11.0. The maximum absolute atomic E-state index is 11.4. The van der Waals surface area contributed by atoms with E-state index in [-0.39, 0.29) is 5.91 Å². The van der Waals surface area contributed by atoms with Gasteiger partial charge in [0, 0.05) is 22.5 Å². The van der Waals surface area contributed by atoms with E-state index in [2.05, 4.69) is 5.32 Å². The predicted octanol–water partition coefficient (Wildman–Crippen LogP) is 2.43. The van der Waals surface area contributed by atoms with E-state index in [1.807, 2.05) is 6.07 Å². The first-order valence-corrected chi connectivity index (χ1v) is 7.09. The Morgan fingerprint density at radius 2 is 2.29 bits per heavy atom. The van der Waals surface area contributed by atoms with Crippen LogP contribution in [0.1, 0.15) is 18.4 Å². The highest BCUT2D eigenvalue weighted by molar-refractivity contribution is 7.99. The Hall–Kier alpha value is -0.870. The van der Waals surface area contributed by atoms with E-state index in [4.69, 9.17) is 17.3 Å². The minimum Gasteiger partial charge on any atom is -0.398 e. The minimum atomic E-state index is 0.109. The van der Waals surface area contributed by atoms with Crippen LogP contribution in [-0.2, 0) is 10.5 Å². The summed E-state index contributed by atoms with van der Waals surface area (Å²) in [6, 6.07) is 5.84. The zero-order chi connectivity index (χ0) is 12.3. The molecule has 0 atom stereocenters. The molecule has 1 aromatic rings. The van der Waals surface area contributed by atoms with Crippen molar-refractivity contribution in [3.05, 3.63) is 28.8 Å². The number of amides is 1. The Balaban J connectivity index is 1.76. The Bertz CT molecular complexity index is 421. The summed E-state index contributed by atoms with van der Waals surface area (Å²) < 4.78 is 0. The smallest absolute Gasteiger partial charge is 0.230 e. The first-order chi connectivity index (χ1) is 8.15. The highest BCUT2D eigenvalue weighted by Crippen LogP contribution is 2.23. The molecule has 0 aliphatic heterocycles. The molecule has 3 nitrogen and oxygen atoms in total. The summed E-state index contributed by atoms with van der Waals surface area (Å²) in [5.74, 6) is 1.30. The van der Waals surface area contributed by atoms with Crippen molar-refractivity contribution in [2.24, 2.45) is 0 Å². The maximum atomic E-state index is 11.4. The maximum Gasteiger partial charge on any atom is 0.230 e. The van der Waals surface area contributed by atoms with E-state index in [0.29, 0.717) is 22.6 Å². The zero-order valence-electron chi connectivity index (χ0n) is 9.41. The number of halogens is 1. The number of nitrogens with one attached hydrogen (secondary N) is 1. The fraction of sp³-hybridized carbons (Fsp3) is 0.417. The lowest BCUT2D eigenvalue weighted by atomic mass is 10.2. The molecule has 0 heterocycles. The van der Waals surface area contributed by atoms with Gasteiger partial charge in [0.15, 0.2) is 0 Å². The highest BCUT2D eigenvalue weighted by atomic mass is 35.5. The molecule has 1 amide bonds. The summed E-state index contributed by atoms with van der Waals surface area (Å²) in [7, 11) is 0. The van der Waals surface area contributed by atoms with Crippen LogP contribution in [0.25, 0.3) is 0 Å². The molecule has 1 aliphatic rings. The number of hydrogen-bond donors (Lipinski definition) is 2. The molecule has 1 aliphatic carbocycles. The summed E-state index contributed by atoms with van der Waals surface area (Å²) >= 11 is 7.45. The van der Waals surface area contributed by atoms with Crippen molar-refractivity contribution in [2.75, 3.05) is 11.5 Å². The molecule has 3 N–H and O–H groups in total. The van der Waals surface area contributed by atoms with Crippen LogP contribution in [-0.4, -0.2) is 17.7 Å². The second kappa shape index (κ2) is 5.65. The van der Waals surface area contributed by atoms with Crippen LogP contribution in [0.4, 0.5) is 5.69 Å². The molecule has 0 aromatic heterocycles. The summed E-state index contributed by atoms with van der Waals surface area (Å²) in [5, 5.41) is 3.63. The first kappa shape index (κ1) is 12.6. The molecule has 0 bridgehead atoms. The van der Waals surface area contributed by atoms with Crippen molar-refractivity contribution in [3.63, 3.8) is 0 Å². The average Bonchev–Trinajstić information content (AvgIpc) is 3.07. The van der Waals surface area contributed by atoms with Crippen LogP contribution >= 0.6 is 23.4 Å². The third-order valence-corrected chi connectivity index (χ3v) is 3.75. The van der Waals surface area contributed by atoms with Gasteiger partial charge >= 0.3 is 0 Å². The van der Waals surface area contributed by atoms with Crippen molar-refractivity contribution < 1.29 is 4.79 Å². The molecule has 2 rings (SSSR count). The Morgan fingerprint density at radius 1 is 1.53 bits per heavy atom. The SMILES string of the molecule is Nc1ccc(Cl)cc1CSCC(=O)NC1CC1. The molecule has 0 unspecified atom stereocenters. The normalized spacial score (nSPS) is 14.6. The van der Waals surface area contributed by atoms with Gasteiger partial charge in [0.25, 0.3) is 0 Å². The van der Waals surface area contributed by atoms with Crippen LogP contribution in [0.5, 0.6) is 0 Å². The fourth-order valence-electron chi connectivity index (χ4n) is 1.45. The molecular weight excluding hydrogens is 256 g/mol. The molecule has 0 saturated heterocycles. The van der Waals surface area contributed by atoms with E-state index >= 15 is 0 Å². The predicted molar refractivity (Wildman–Crippen MR) is 73.2 cm³/mol. The van der Waals surface area contributed by atoms with Gasteiger partial charge < -0.3 is 11.1 Å². The second-order valence-corrected chi connectivity index (χ2v) is 5.60. The number of benzene rings is 1. The Kier molecular flexibility index (Phi) is 4.18. The number of carbonyl (C=O) groups excluding carboxylic acids is 1. The monoisotopic (exact) mass is 270 g/mol. The number of anilines is 1. The standard InChI is InChI=1S/C12H15ClN2OS/c13-9-1-4-11(14)8(5-9)6-17-7-12(16)15-10-2-3-10/h1,4-5,10H,2-3,6-7,14H2,(H,15,16). The molecule has 1 fully saturated rings. The van der Waals surface area contributed by atoms with Gasteiger partial charge in [-0.25, -0.2) is 0 Å². The van der Waals surface area contributed by atoms with Crippen molar-refractivity contribution in [1.29, 1.82) is 0 Å². The van der Waals surface area contributed by atoms with Gasteiger partial charge in [-0.3, -0.25) is 4.79 Å². The van der Waals surface area contributed by atoms with E-state index in [1.54, 1.807) is 23.9 Å². The second-order valence-electron chi connectivity index (χ2n) is 4.18. The number of nitrogen functional groups attached to an aromatic ring is 1. The molecule has 5 heteroatoms. The summed E-state index contributed by atoms with van der Waals surface area (Å²) in [4.78, 5) is 11.4. The topological polar surface area (TPSA) is 55.1 Å². The molecule has 92 valence electrons. The number of nitrogens with two attached hydrogens (primary N) is 1. The minimum absolute atomic E-state index is 0.109. The number of carbonyl (C=O) groups is 1. The number of thioether (sulfide) groups is 1. The summed E-state index contributed by atoms with van der Waals surface area (Å²) in [5.41, 5.74) is 7.54. The number of hydrogen-bond acceptors (Lipinski definition) is 3. The van der Waals surface area contributed by atoms with E-state index in [0.717, 1.165) is 24.1 Å². The van der Waals surface area contributed by atoms with E-state index in [1.165, 1.54) is 0 Å². The fourth-order valence-corrected chi connectivity index (χ4v) is 2.49. The quantitative estimate of drug-likeness (QED) is 0.808. The molecule has 1 aromatic carbocycles. The molecule has 17 heavy (non-hydrogen) atoms. The first-order valence-electron chi connectivity index (χ1n) is 5.56. The van der Waals surface area contributed by atoms with E-state index < -0.39 is 0 Å². The lowest BCUT2D eigenvalue weighted by Crippen LogP contribution is -2.27. The molecule has 0 radical (unpaired) electrons. The van der Waals surface area contributed by atoms with Crippen LogP contribution in [0.15, 0.2) is 18.2 Å². The van der Waals surface area contributed by atoms with Crippen molar-refractivity contribution in [2.45, 2.75) is 24.6 Å². The Labute approximate surface area is 110 Å². The van der Waals surface area contributed by atoms with Crippen LogP contribution in [0, 0.1) is 0 Å². The van der Waals surface area contributed by atoms with Crippen molar-refractivity contribution >= 4 is 35.0 Å². The van der Waals surface area contributed by atoms with Gasteiger partial charge in [0.05, 0.1) is 5.75 Å². The van der Waals surface area contributed by atoms with Crippen LogP contribution in [0.2, 0.25) is 5.02 Å². The van der Waals surface area contributed by atoms with Gasteiger partial charge in [-0.05, 0) is 36.6 Å². The third kappa shape index (κ3) is 4.13. The van der Waals surface area contributed by atoms with Gasteiger partial charge in [-0.15, -0.1) is 11.8 Å². The largest absolute Gasteiger partial charge is 0.398 e. The van der Waals surface area contributed by atoms with Gasteiger partial charge in [-0.1, -0.05) is 11.6 Å². The lowest BCUT2D eigenvalue weighted by molar-refractivity contribution is -0.118. The third-order valence-electron chi connectivity index (χ3n) is 2.54.